The van der Waals surface area contributed by atoms with Crippen LogP contribution in [0.1, 0.15) is 5.69 Å². The van der Waals surface area contributed by atoms with Crippen molar-refractivity contribution in [3.63, 3.8) is 0 Å². The third-order valence-electron chi connectivity index (χ3n) is 2.90. The fraction of sp³-hybridized carbons (Fsp3) is 0.0714. The molecule has 0 amide bonds. The van der Waals surface area contributed by atoms with Gasteiger partial charge < -0.3 is 0 Å². The third-order valence-corrected chi connectivity index (χ3v) is 3.07. The summed E-state index contributed by atoms with van der Waals surface area (Å²) in [6, 6.07) is 9.63. The van der Waals surface area contributed by atoms with Crippen LogP contribution in [0.25, 0.3) is 22.2 Å². The molecule has 0 radical (unpaired) electrons. The molecule has 0 fully saturated rings. The van der Waals surface area contributed by atoms with Crippen molar-refractivity contribution in [1.29, 1.82) is 0 Å². The van der Waals surface area contributed by atoms with Crippen LogP contribution in [0.3, 0.4) is 0 Å². The van der Waals surface area contributed by atoms with Crippen LogP contribution in [0.4, 0.5) is 13.2 Å². The van der Waals surface area contributed by atoms with E-state index in [0.29, 0.717) is 11.1 Å². The van der Waals surface area contributed by atoms with Gasteiger partial charge in [0.15, 0.2) is 0 Å². The molecule has 1 aromatic carbocycles. The number of benzene rings is 1. The highest BCUT2D eigenvalue weighted by atomic mass is 35.5. The van der Waals surface area contributed by atoms with Gasteiger partial charge in [-0.25, -0.2) is 9.97 Å². The van der Waals surface area contributed by atoms with Crippen molar-refractivity contribution < 1.29 is 13.2 Å². The molecule has 0 N–H and O–H groups in total. The van der Waals surface area contributed by atoms with E-state index in [0.717, 1.165) is 11.5 Å². The van der Waals surface area contributed by atoms with Crippen molar-refractivity contribution in [3.8, 4) is 11.3 Å². The quantitative estimate of drug-likeness (QED) is 0.627. The fourth-order valence-electron chi connectivity index (χ4n) is 2.01. The van der Waals surface area contributed by atoms with Crippen LogP contribution in [0, 0.1) is 0 Å². The maximum atomic E-state index is 12.8. The van der Waals surface area contributed by atoms with Gasteiger partial charge >= 0.3 is 6.18 Å². The van der Waals surface area contributed by atoms with Crippen LogP contribution in [0.5, 0.6) is 0 Å². The van der Waals surface area contributed by atoms with Gasteiger partial charge in [0.25, 0.3) is 0 Å². The lowest BCUT2D eigenvalue weighted by atomic mass is 10.1. The van der Waals surface area contributed by atoms with E-state index in [1.54, 1.807) is 24.4 Å². The highest BCUT2D eigenvalue weighted by molar-refractivity contribution is 6.28. The number of alkyl halides is 3. The highest BCUT2D eigenvalue weighted by Crippen LogP contribution is 2.32. The highest BCUT2D eigenvalue weighted by Gasteiger charge is 2.33. The normalized spacial score (nSPS) is 11.8. The predicted molar refractivity (Wildman–Crippen MR) is 72.8 cm³/mol. The average molecular weight is 310 g/mol. The van der Waals surface area contributed by atoms with Crippen molar-refractivity contribution in [2.75, 3.05) is 0 Å². The van der Waals surface area contributed by atoms with Gasteiger partial charge in [-0.05, 0) is 23.7 Å². The van der Waals surface area contributed by atoms with Crippen molar-refractivity contribution in [1.82, 2.24) is 15.0 Å². The molecule has 0 aliphatic carbocycles. The summed E-state index contributed by atoms with van der Waals surface area (Å²) in [5, 5.41) is 0.353. The number of para-hydroxylation sites is 1. The number of pyridine rings is 1. The molecular weight excluding hydrogens is 303 g/mol. The zero-order valence-electron chi connectivity index (χ0n) is 10.4. The Morgan fingerprint density at radius 3 is 2.52 bits per heavy atom. The first kappa shape index (κ1) is 13.8. The molecule has 106 valence electrons. The first-order chi connectivity index (χ1) is 9.95. The van der Waals surface area contributed by atoms with E-state index in [9.17, 15) is 13.2 Å². The van der Waals surface area contributed by atoms with E-state index in [1.807, 2.05) is 12.1 Å². The molecule has 0 unspecified atom stereocenters. The van der Waals surface area contributed by atoms with E-state index in [2.05, 4.69) is 15.0 Å². The lowest BCUT2D eigenvalue weighted by molar-refractivity contribution is -0.141. The maximum Gasteiger partial charge on any atom is 0.433 e. The molecule has 0 atom stereocenters. The summed E-state index contributed by atoms with van der Waals surface area (Å²) in [4.78, 5) is 11.3. The smallest absolute Gasteiger partial charge is 0.256 e. The Bertz CT molecular complexity index is 813. The lowest BCUT2D eigenvalue weighted by Gasteiger charge is -2.09. The van der Waals surface area contributed by atoms with Gasteiger partial charge in [-0.2, -0.15) is 13.2 Å². The first-order valence-electron chi connectivity index (χ1n) is 5.91. The topological polar surface area (TPSA) is 38.7 Å². The molecule has 2 aromatic heterocycles. The molecule has 3 aromatic rings. The van der Waals surface area contributed by atoms with Gasteiger partial charge in [0.05, 0.1) is 11.2 Å². The van der Waals surface area contributed by atoms with Crippen molar-refractivity contribution in [2.45, 2.75) is 6.18 Å². The average Bonchev–Trinajstić information content (AvgIpc) is 2.45. The molecule has 21 heavy (non-hydrogen) atoms. The summed E-state index contributed by atoms with van der Waals surface area (Å²) in [6.45, 7) is 0. The Hall–Kier alpha value is -2.21. The minimum Gasteiger partial charge on any atom is -0.256 e. The first-order valence-corrected chi connectivity index (χ1v) is 6.29. The summed E-state index contributed by atoms with van der Waals surface area (Å²) in [5.41, 5.74) is 0.0443. The molecule has 7 heteroatoms. The van der Waals surface area contributed by atoms with Crippen molar-refractivity contribution >= 4 is 22.5 Å². The molecular formula is C14H7ClF3N3. The van der Waals surface area contributed by atoms with Crippen molar-refractivity contribution in [3.05, 3.63) is 53.6 Å². The van der Waals surface area contributed by atoms with Gasteiger partial charge in [0.2, 0.25) is 5.28 Å². The molecule has 0 saturated heterocycles. The second kappa shape index (κ2) is 4.96. The summed E-state index contributed by atoms with van der Waals surface area (Å²) in [5.74, 6) is 0. The van der Waals surface area contributed by atoms with Crippen LogP contribution in [0.15, 0.2) is 42.6 Å². The number of fused-ring (bicyclic) bond motifs is 1. The summed E-state index contributed by atoms with van der Waals surface area (Å²) < 4.78 is 38.4. The summed E-state index contributed by atoms with van der Waals surface area (Å²) in [7, 11) is 0. The zero-order valence-corrected chi connectivity index (χ0v) is 11.2. The molecule has 0 aliphatic heterocycles. The van der Waals surface area contributed by atoms with Gasteiger partial charge in [-0.15, -0.1) is 0 Å². The second-order valence-corrected chi connectivity index (χ2v) is 4.62. The standard InChI is InChI=1S/C14H7ClF3N3/c15-13-20-10(7-11(21-13)14(16,17)18)9-5-1-3-8-4-2-6-19-12(8)9/h1-7H. The minimum absolute atomic E-state index is 0.0895. The van der Waals surface area contributed by atoms with Crippen LogP contribution in [-0.2, 0) is 6.18 Å². The van der Waals surface area contributed by atoms with Gasteiger partial charge in [0.1, 0.15) is 5.69 Å². The number of hydrogen-bond donors (Lipinski definition) is 0. The van der Waals surface area contributed by atoms with E-state index in [1.165, 1.54) is 0 Å². The maximum absolute atomic E-state index is 12.8. The van der Waals surface area contributed by atoms with Gasteiger partial charge in [-0.3, -0.25) is 4.98 Å². The van der Waals surface area contributed by atoms with E-state index in [-0.39, 0.29) is 5.69 Å². The molecule has 0 bridgehead atoms. The Balaban J connectivity index is 2.26. The number of halogens is 4. The number of nitrogens with zero attached hydrogens (tertiary/aromatic N) is 3. The summed E-state index contributed by atoms with van der Waals surface area (Å²) in [6.07, 6.45) is -3.02. The van der Waals surface area contributed by atoms with Crippen LogP contribution in [-0.4, -0.2) is 15.0 Å². The Labute approximate surface area is 122 Å². The lowest BCUT2D eigenvalue weighted by Crippen LogP contribution is -2.09. The zero-order chi connectivity index (χ0) is 15.0. The molecule has 2 heterocycles. The number of aromatic nitrogens is 3. The predicted octanol–water partition coefficient (Wildman–Crippen LogP) is 4.36. The van der Waals surface area contributed by atoms with E-state index < -0.39 is 17.2 Å². The van der Waals surface area contributed by atoms with Crippen LogP contribution in [0.2, 0.25) is 5.28 Å². The Morgan fingerprint density at radius 1 is 1.00 bits per heavy atom. The monoisotopic (exact) mass is 309 g/mol. The van der Waals surface area contributed by atoms with Crippen LogP contribution < -0.4 is 0 Å². The van der Waals surface area contributed by atoms with E-state index >= 15 is 0 Å². The number of rotatable bonds is 1. The summed E-state index contributed by atoms with van der Waals surface area (Å²) >= 11 is 5.61. The molecule has 0 saturated carbocycles. The molecule has 0 spiro atoms. The van der Waals surface area contributed by atoms with E-state index in [4.69, 9.17) is 11.6 Å². The third kappa shape index (κ3) is 2.67. The molecule has 0 aliphatic rings. The SMILES string of the molecule is FC(F)(F)c1cc(-c2cccc3cccnc23)nc(Cl)n1. The fourth-order valence-corrected chi connectivity index (χ4v) is 2.19. The number of hydrogen-bond acceptors (Lipinski definition) is 3. The van der Waals surface area contributed by atoms with Crippen molar-refractivity contribution in [2.24, 2.45) is 0 Å². The Kier molecular flexibility index (Phi) is 3.25. The van der Waals surface area contributed by atoms with Crippen LogP contribution >= 0.6 is 11.6 Å². The second-order valence-electron chi connectivity index (χ2n) is 4.29. The van der Waals surface area contributed by atoms with Gasteiger partial charge in [-0.1, -0.05) is 24.3 Å². The minimum atomic E-state index is -4.58. The van der Waals surface area contributed by atoms with Gasteiger partial charge in [0, 0.05) is 17.1 Å². The largest absolute Gasteiger partial charge is 0.433 e. The Morgan fingerprint density at radius 2 is 1.76 bits per heavy atom. The molecule has 3 rings (SSSR count). The molecule has 3 nitrogen and oxygen atoms in total.